The largest absolute Gasteiger partial charge is 0.334 e. The first-order valence-electron chi connectivity index (χ1n) is 7.96. The van der Waals surface area contributed by atoms with Crippen LogP contribution in [0.3, 0.4) is 0 Å². The van der Waals surface area contributed by atoms with Gasteiger partial charge in [-0.05, 0) is 43.3 Å². The van der Waals surface area contributed by atoms with E-state index in [-0.39, 0.29) is 11.5 Å². The molecule has 1 aromatic carbocycles. The van der Waals surface area contributed by atoms with Crippen LogP contribution in [-0.2, 0) is 0 Å². The van der Waals surface area contributed by atoms with Crippen LogP contribution in [0.15, 0.2) is 59.6 Å². The van der Waals surface area contributed by atoms with Crippen molar-refractivity contribution in [2.45, 2.75) is 6.92 Å². The van der Waals surface area contributed by atoms with Crippen LogP contribution in [0.2, 0.25) is 0 Å². The molecule has 0 spiro atoms. The van der Waals surface area contributed by atoms with Crippen molar-refractivity contribution in [3.63, 3.8) is 0 Å². The van der Waals surface area contributed by atoms with Crippen LogP contribution in [0.25, 0.3) is 17.3 Å². The molecule has 0 saturated heterocycles. The van der Waals surface area contributed by atoms with Crippen LogP contribution in [0.4, 0.5) is 10.1 Å². The van der Waals surface area contributed by atoms with E-state index in [0.29, 0.717) is 28.8 Å². The molecule has 8 nitrogen and oxygen atoms in total. The number of amides is 1. The van der Waals surface area contributed by atoms with Crippen LogP contribution in [0, 0.1) is 12.7 Å². The number of carbonyl (C=O) groups is 1. The van der Waals surface area contributed by atoms with E-state index in [2.05, 4.69) is 25.4 Å². The van der Waals surface area contributed by atoms with Crippen molar-refractivity contribution in [2.75, 3.05) is 5.32 Å². The van der Waals surface area contributed by atoms with Crippen molar-refractivity contribution in [1.82, 2.24) is 24.7 Å². The van der Waals surface area contributed by atoms with Gasteiger partial charge in [-0.2, -0.15) is 4.98 Å². The van der Waals surface area contributed by atoms with Gasteiger partial charge in [-0.3, -0.25) is 9.36 Å². The Morgan fingerprint density at radius 3 is 2.63 bits per heavy atom. The summed E-state index contributed by atoms with van der Waals surface area (Å²) in [5, 5.41) is 6.39. The molecule has 4 aromatic rings. The Balaban J connectivity index is 1.50. The zero-order valence-corrected chi connectivity index (χ0v) is 14.1. The van der Waals surface area contributed by atoms with Gasteiger partial charge in [0.1, 0.15) is 23.7 Å². The monoisotopic (exact) mass is 364 g/mol. The number of hydrogen-bond acceptors (Lipinski definition) is 6. The Hall–Kier alpha value is -3.88. The number of anilines is 1. The Morgan fingerprint density at radius 2 is 1.96 bits per heavy atom. The fourth-order valence-corrected chi connectivity index (χ4v) is 2.37. The molecule has 1 N–H and O–H groups in total. The lowest BCUT2D eigenvalue weighted by Gasteiger charge is -2.03. The second-order valence-electron chi connectivity index (χ2n) is 5.68. The number of imidazole rings is 1. The summed E-state index contributed by atoms with van der Waals surface area (Å²) >= 11 is 0. The van der Waals surface area contributed by atoms with E-state index in [1.54, 1.807) is 36.0 Å². The van der Waals surface area contributed by atoms with E-state index in [1.165, 1.54) is 30.6 Å². The molecular formula is C18H13FN6O2. The van der Waals surface area contributed by atoms with E-state index in [0.717, 1.165) is 0 Å². The molecule has 0 aliphatic heterocycles. The predicted molar refractivity (Wildman–Crippen MR) is 93.7 cm³/mol. The number of aryl methyl sites for hydroxylation is 1. The van der Waals surface area contributed by atoms with E-state index in [9.17, 15) is 9.18 Å². The number of hydrogen-bond donors (Lipinski definition) is 1. The van der Waals surface area contributed by atoms with Crippen molar-refractivity contribution in [3.8, 4) is 17.3 Å². The second-order valence-corrected chi connectivity index (χ2v) is 5.68. The van der Waals surface area contributed by atoms with Crippen molar-refractivity contribution >= 4 is 11.6 Å². The standard InChI is InChI=1S/C18H13FN6O2/c1-11-22-18(27-24-11)12-2-7-16(20-8-12)25-9-15(21-10-25)17(26)23-14-5-3-13(19)4-6-14/h2-10H,1H3,(H,23,26). The lowest BCUT2D eigenvalue weighted by molar-refractivity contribution is 0.102. The molecule has 4 rings (SSSR count). The lowest BCUT2D eigenvalue weighted by atomic mass is 10.3. The van der Waals surface area contributed by atoms with E-state index in [4.69, 9.17) is 4.52 Å². The number of aromatic nitrogens is 5. The third-order valence-corrected chi connectivity index (χ3v) is 3.70. The Kier molecular flexibility index (Phi) is 4.17. The Morgan fingerprint density at radius 1 is 1.15 bits per heavy atom. The topological polar surface area (TPSA) is 98.7 Å². The molecule has 0 unspecified atom stereocenters. The number of rotatable bonds is 4. The average molecular weight is 364 g/mol. The smallest absolute Gasteiger partial charge is 0.275 e. The molecule has 0 fully saturated rings. The van der Waals surface area contributed by atoms with Gasteiger partial charge in [0.25, 0.3) is 11.8 Å². The molecule has 134 valence electrons. The summed E-state index contributed by atoms with van der Waals surface area (Å²) in [6.07, 6.45) is 4.64. The number of nitrogens with zero attached hydrogens (tertiary/aromatic N) is 5. The molecular weight excluding hydrogens is 351 g/mol. The predicted octanol–water partition coefficient (Wildman–Crippen LogP) is 3.02. The van der Waals surface area contributed by atoms with Crippen molar-refractivity contribution in [3.05, 3.63) is 72.5 Å². The van der Waals surface area contributed by atoms with Crippen molar-refractivity contribution < 1.29 is 13.7 Å². The third-order valence-electron chi connectivity index (χ3n) is 3.70. The maximum absolute atomic E-state index is 12.9. The highest BCUT2D eigenvalue weighted by Crippen LogP contribution is 2.17. The molecule has 1 amide bonds. The number of nitrogens with one attached hydrogen (secondary N) is 1. The number of benzene rings is 1. The summed E-state index contributed by atoms with van der Waals surface area (Å²) in [5.41, 5.74) is 1.37. The molecule has 0 aliphatic carbocycles. The van der Waals surface area contributed by atoms with Gasteiger partial charge in [-0.15, -0.1) is 0 Å². The highest BCUT2D eigenvalue weighted by molar-refractivity contribution is 6.02. The Labute approximate surface area is 152 Å². The molecule has 0 saturated carbocycles. The van der Waals surface area contributed by atoms with Gasteiger partial charge in [0.15, 0.2) is 5.82 Å². The quantitative estimate of drug-likeness (QED) is 0.598. The SMILES string of the molecule is Cc1noc(-c2ccc(-n3cnc(C(=O)Nc4ccc(F)cc4)c3)nc2)n1. The fraction of sp³-hybridized carbons (Fsp3) is 0.0556. The highest BCUT2D eigenvalue weighted by Gasteiger charge is 2.12. The van der Waals surface area contributed by atoms with E-state index < -0.39 is 5.91 Å². The summed E-state index contributed by atoms with van der Waals surface area (Å²) in [4.78, 5) is 24.8. The van der Waals surface area contributed by atoms with Gasteiger partial charge in [-0.25, -0.2) is 14.4 Å². The first-order chi connectivity index (χ1) is 13.1. The molecule has 27 heavy (non-hydrogen) atoms. The molecule has 9 heteroatoms. The van der Waals surface area contributed by atoms with E-state index >= 15 is 0 Å². The minimum absolute atomic E-state index is 0.206. The molecule has 3 heterocycles. The van der Waals surface area contributed by atoms with Gasteiger partial charge in [0.05, 0.1) is 5.56 Å². The van der Waals surface area contributed by atoms with Gasteiger partial charge < -0.3 is 9.84 Å². The van der Waals surface area contributed by atoms with Gasteiger partial charge in [-0.1, -0.05) is 5.16 Å². The van der Waals surface area contributed by atoms with Crippen LogP contribution in [0.1, 0.15) is 16.3 Å². The summed E-state index contributed by atoms with van der Waals surface area (Å²) < 4.78 is 19.6. The van der Waals surface area contributed by atoms with E-state index in [1.807, 2.05) is 0 Å². The van der Waals surface area contributed by atoms with Crippen LogP contribution in [-0.4, -0.2) is 30.6 Å². The van der Waals surface area contributed by atoms with Gasteiger partial charge >= 0.3 is 0 Å². The molecule has 0 radical (unpaired) electrons. The highest BCUT2D eigenvalue weighted by atomic mass is 19.1. The number of pyridine rings is 1. The fourth-order valence-electron chi connectivity index (χ4n) is 2.37. The van der Waals surface area contributed by atoms with Gasteiger partial charge in [0.2, 0.25) is 0 Å². The zero-order chi connectivity index (χ0) is 18.8. The minimum Gasteiger partial charge on any atom is -0.334 e. The normalized spacial score (nSPS) is 10.7. The van der Waals surface area contributed by atoms with Crippen LogP contribution < -0.4 is 5.32 Å². The zero-order valence-electron chi connectivity index (χ0n) is 14.1. The molecule has 0 aliphatic rings. The Bertz CT molecular complexity index is 1090. The third kappa shape index (κ3) is 3.56. The second kappa shape index (κ2) is 6.79. The van der Waals surface area contributed by atoms with Crippen molar-refractivity contribution in [1.29, 1.82) is 0 Å². The summed E-state index contributed by atoms with van der Waals surface area (Å²) in [7, 11) is 0. The number of carbonyl (C=O) groups excluding carboxylic acids is 1. The summed E-state index contributed by atoms with van der Waals surface area (Å²) in [6, 6.07) is 9.02. The summed E-state index contributed by atoms with van der Waals surface area (Å²) in [6.45, 7) is 1.73. The molecule has 0 atom stereocenters. The average Bonchev–Trinajstić information content (AvgIpc) is 3.33. The first-order valence-corrected chi connectivity index (χ1v) is 7.96. The summed E-state index contributed by atoms with van der Waals surface area (Å²) in [5.74, 6) is 0.723. The molecule has 3 aromatic heterocycles. The maximum Gasteiger partial charge on any atom is 0.275 e. The lowest BCUT2D eigenvalue weighted by Crippen LogP contribution is -2.12. The van der Waals surface area contributed by atoms with Crippen LogP contribution in [0.5, 0.6) is 0 Å². The van der Waals surface area contributed by atoms with Crippen LogP contribution >= 0.6 is 0 Å². The minimum atomic E-state index is -0.404. The first kappa shape index (κ1) is 16.6. The van der Waals surface area contributed by atoms with Crippen molar-refractivity contribution in [2.24, 2.45) is 0 Å². The van der Waals surface area contributed by atoms with Gasteiger partial charge in [0, 0.05) is 18.1 Å². The number of halogens is 1. The molecule has 0 bridgehead atoms. The maximum atomic E-state index is 12.9.